The number of anilines is 1. The minimum Gasteiger partial charge on any atom is -0.386 e. The van der Waals surface area contributed by atoms with E-state index in [-0.39, 0.29) is 11.8 Å². The van der Waals surface area contributed by atoms with Gasteiger partial charge in [0.15, 0.2) is 0 Å². The van der Waals surface area contributed by atoms with Crippen LogP contribution in [0.25, 0.3) is 0 Å². The molecular weight excluding hydrogens is 232 g/mol. The molecule has 1 aliphatic rings. The van der Waals surface area contributed by atoms with Crippen LogP contribution in [0.5, 0.6) is 0 Å². The molecule has 0 aromatic carbocycles. The largest absolute Gasteiger partial charge is 0.386 e. The highest BCUT2D eigenvalue weighted by molar-refractivity contribution is 6.01. The minimum absolute atomic E-state index is 0.116. The van der Waals surface area contributed by atoms with Crippen molar-refractivity contribution in [2.75, 3.05) is 25.5 Å². The minimum atomic E-state index is -0.441. The standard InChI is InChI=1S/C12H16N4O2/c1-8-11(17)15-5-6-16(8)12(18)9-3-4-14-7-10(9)13-2/h3-4,7-8,13H,5-6H2,1-2H3,(H,15,17). The lowest BCUT2D eigenvalue weighted by Gasteiger charge is -2.33. The Morgan fingerprint density at radius 3 is 3.11 bits per heavy atom. The Bertz CT molecular complexity index is 475. The molecule has 2 amide bonds. The maximum absolute atomic E-state index is 12.4. The van der Waals surface area contributed by atoms with E-state index in [0.29, 0.717) is 24.3 Å². The van der Waals surface area contributed by atoms with Crippen molar-refractivity contribution in [3.63, 3.8) is 0 Å². The molecule has 1 fully saturated rings. The topological polar surface area (TPSA) is 74.3 Å². The lowest BCUT2D eigenvalue weighted by molar-refractivity contribution is -0.127. The Kier molecular flexibility index (Phi) is 3.45. The van der Waals surface area contributed by atoms with Crippen molar-refractivity contribution >= 4 is 17.5 Å². The van der Waals surface area contributed by atoms with Crippen molar-refractivity contribution < 1.29 is 9.59 Å². The molecule has 2 rings (SSSR count). The Balaban J connectivity index is 2.27. The summed E-state index contributed by atoms with van der Waals surface area (Å²) in [6.07, 6.45) is 3.17. The first kappa shape index (κ1) is 12.3. The molecule has 1 saturated heterocycles. The Hall–Kier alpha value is -2.11. The van der Waals surface area contributed by atoms with Crippen LogP contribution in [-0.2, 0) is 4.79 Å². The van der Waals surface area contributed by atoms with Gasteiger partial charge in [-0.3, -0.25) is 14.6 Å². The molecule has 6 nitrogen and oxygen atoms in total. The highest BCUT2D eigenvalue weighted by atomic mass is 16.2. The number of carbonyl (C=O) groups excluding carboxylic acids is 2. The van der Waals surface area contributed by atoms with Crippen LogP contribution in [0.2, 0.25) is 0 Å². The van der Waals surface area contributed by atoms with Crippen LogP contribution in [-0.4, -0.2) is 47.9 Å². The second kappa shape index (κ2) is 5.03. The molecule has 0 aliphatic carbocycles. The first-order valence-corrected chi connectivity index (χ1v) is 5.85. The van der Waals surface area contributed by atoms with Crippen LogP contribution >= 0.6 is 0 Å². The number of nitrogens with zero attached hydrogens (tertiary/aromatic N) is 2. The van der Waals surface area contributed by atoms with Gasteiger partial charge in [-0.05, 0) is 13.0 Å². The molecule has 1 aliphatic heterocycles. The summed E-state index contributed by atoms with van der Waals surface area (Å²) in [5.41, 5.74) is 1.20. The molecule has 1 unspecified atom stereocenters. The first-order chi connectivity index (χ1) is 8.65. The second-order valence-corrected chi connectivity index (χ2v) is 4.14. The molecule has 2 N–H and O–H groups in total. The zero-order valence-corrected chi connectivity index (χ0v) is 10.4. The molecular formula is C12H16N4O2. The highest BCUT2D eigenvalue weighted by Gasteiger charge is 2.30. The number of carbonyl (C=O) groups is 2. The molecule has 0 radical (unpaired) electrons. The monoisotopic (exact) mass is 248 g/mol. The van der Waals surface area contributed by atoms with Crippen molar-refractivity contribution in [1.29, 1.82) is 0 Å². The number of amides is 2. The first-order valence-electron chi connectivity index (χ1n) is 5.85. The zero-order chi connectivity index (χ0) is 13.1. The fourth-order valence-electron chi connectivity index (χ4n) is 1.99. The molecule has 6 heteroatoms. The molecule has 18 heavy (non-hydrogen) atoms. The van der Waals surface area contributed by atoms with E-state index in [1.54, 1.807) is 37.3 Å². The quantitative estimate of drug-likeness (QED) is 0.777. The second-order valence-electron chi connectivity index (χ2n) is 4.14. The van der Waals surface area contributed by atoms with Crippen LogP contribution < -0.4 is 10.6 Å². The average molecular weight is 248 g/mol. The van der Waals surface area contributed by atoms with Gasteiger partial charge >= 0.3 is 0 Å². The van der Waals surface area contributed by atoms with Crippen LogP contribution in [0.3, 0.4) is 0 Å². The summed E-state index contributed by atoms with van der Waals surface area (Å²) >= 11 is 0. The average Bonchev–Trinajstić information content (AvgIpc) is 2.41. The summed E-state index contributed by atoms with van der Waals surface area (Å²) in [7, 11) is 1.74. The maximum Gasteiger partial charge on any atom is 0.256 e. The molecule has 0 bridgehead atoms. The number of hydrogen-bond donors (Lipinski definition) is 2. The van der Waals surface area contributed by atoms with Crippen LogP contribution in [0, 0.1) is 0 Å². The zero-order valence-electron chi connectivity index (χ0n) is 10.4. The summed E-state index contributed by atoms with van der Waals surface area (Å²) in [5, 5.41) is 5.67. The predicted molar refractivity (Wildman–Crippen MR) is 67.3 cm³/mol. The number of pyridine rings is 1. The van der Waals surface area contributed by atoms with Crippen LogP contribution in [0.1, 0.15) is 17.3 Å². The number of hydrogen-bond acceptors (Lipinski definition) is 4. The lowest BCUT2D eigenvalue weighted by atomic mass is 10.1. The third-order valence-electron chi connectivity index (χ3n) is 3.08. The molecule has 2 heterocycles. The van der Waals surface area contributed by atoms with Gasteiger partial charge in [0.25, 0.3) is 5.91 Å². The third kappa shape index (κ3) is 2.13. The van der Waals surface area contributed by atoms with Crippen molar-refractivity contribution in [1.82, 2.24) is 15.2 Å². The van der Waals surface area contributed by atoms with E-state index in [9.17, 15) is 9.59 Å². The molecule has 0 saturated carbocycles. The van der Waals surface area contributed by atoms with Gasteiger partial charge in [0.2, 0.25) is 5.91 Å². The van der Waals surface area contributed by atoms with Gasteiger partial charge in [0.05, 0.1) is 17.4 Å². The van der Waals surface area contributed by atoms with Crippen molar-refractivity contribution in [2.24, 2.45) is 0 Å². The molecule has 1 aromatic heterocycles. The molecule has 1 aromatic rings. The van der Waals surface area contributed by atoms with Crippen LogP contribution in [0.4, 0.5) is 5.69 Å². The normalized spacial score (nSPS) is 19.3. The van der Waals surface area contributed by atoms with E-state index in [4.69, 9.17) is 0 Å². The smallest absolute Gasteiger partial charge is 0.256 e. The van der Waals surface area contributed by atoms with Gasteiger partial charge < -0.3 is 15.5 Å². The summed E-state index contributed by atoms with van der Waals surface area (Å²) in [5.74, 6) is -0.265. The summed E-state index contributed by atoms with van der Waals surface area (Å²) in [4.78, 5) is 29.5. The van der Waals surface area contributed by atoms with Gasteiger partial charge in [0.1, 0.15) is 6.04 Å². The van der Waals surface area contributed by atoms with E-state index in [1.807, 2.05) is 0 Å². The van der Waals surface area contributed by atoms with Gasteiger partial charge in [0, 0.05) is 26.3 Å². The van der Waals surface area contributed by atoms with E-state index in [2.05, 4.69) is 15.6 Å². The van der Waals surface area contributed by atoms with Gasteiger partial charge in [-0.25, -0.2) is 0 Å². The molecule has 96 valence electrons. The Morgan fingerprint density at radius 2 is 2.39 bits per heavy atom. The van der Waals surface area contributed by atoms with Crippen LogP contribution in [0.15, 0.2) is 18.5 Å². The third-order valence-corrected chi connectivity index (χ3v) is 3.08. The van der Waals surface area contributed by atoms with E-state index in [1.165, 1.54) is 0 Å². The van der Waals surface area contributed by atoms with Gasteiger partial charge in [-0.2, -0.15) is 0 Å². The Labute approximate surface area is 105 Å². The number of rotatable bonds is 2. The van der Waals surface area contributed by atoms with Crippen molar-refractivity contribution in [3.8, 4) is 0 Å². The Morgan fingerprint density at radius 1 is 1.61 bits per heavy atom. The van der Waals surface area contributed by atoms with Gasteiger partial charge in [-0.1, -0.05) is 0 Å². The van der Waals surface area contributed by atoms with E-state index in [0.717, 1.165) is 0 Å². The fourth-order valence-corrected chi connectivity index (χ4v) is 1.99. The molecule has 1 atom stereocenters. The summed E-state index contributed by atoms with van der Waals surface area (Å²) in [6, 6.07) is 1.22. The van der Waals surface area contributed by atoms with Crippen molar-refractivity contribution in [3.05, 3.63) is 24.0 Å². The SMILES string of the molecule is CNc1cnccc1C(=O)N1CCNC(=O)C1C. The fraction of sp³-hybridized carbons (Fsp3) is 0.417. The van der Waals surface area contributed by atoms with Gasteiger partial charge in [-0.15, -0.1) is 0 Å². The summed E-state index contributed by atoms with van der Waals surface area (Å²) in [6.45, 7) is 2.75. The highest BCUT2D eigenvalue weighted by Crippen LogP contribution is 2.17. The van der Waals surface area contributed by atoms with E-state index < -0.39 is 6.04 Å². The van der Waals surface area contributed by atoms with Crippen molar-refractivity contribution in [2.45, 2.75) is 13.0 Å². The maximum atomic E-state index is 12.4. The predicted octanol–water partition coefficient (Wildman–Crippen LogP) is 0.0838. The lowest BCUT2D eigenvalue weighted by Crippen LogP contribution is -2.55. The number of piperazine rings is 1. The van der Waals surface area contributed by atoms with E-state index >= 15 is 0 Å². The summed E-state index contributed by atoms with van der Waals surface area (Å²) < 4.78 is 0. The molecule has 0 spiro atoms. The number of aromatic nitrogens is 1. The number of nitrogens with one attached hydrogen (secondary N) is 2.